The maximum absolute atomic E-state index is 13.1. The summed E-state index contributed by atoms with van der Waals surface area (Å²) in [5.41, 5.74) is 1.30. The van der Waals surface area contributed by atoms with E-state index in [0.29, 0.717) is 29.9 Å². The van der Waals surface area contributed by atoms with Crippen molar-refractivity contribution in [1.29, 1.82) is 0 Å². The van der Waals surface area contributed by atoms with Gasteiger partial charge in [-0.3, -0.25) is 4.79 Å². The molecule has 0 N–H and O–H groups in total. The van der Waals surface area contributed by atoms with E-state index in [2.05, 4.69) is 25.7 Å². The molecule has 1 aromatic carbocycles. The monoisotopic (exact) mass is 372 g/mol. The van der Waals surface area contributed by atoms with E-state index in [1.165, 1.54) is 19.4 Å². The van der Waals surface area contributed by atoms with Crippen LogP contribution in [-0.4, -0.2) is 61.6 Å². The van der Waals surface area contributed by atoms with Gasteiger partial charge in [0, 0.05) is 37.2 Å². The highest BCUT2D eigenvalue weighted by Gasteiger charge is 2.43. The summed E-state index contributed by atoms with van der Waals surface area (Å²) in [6, 6.07) is 5.57. The van der Waals surface area contributed by atoms with Crippen LogP contribution in [0.1, 0.15) is 50.4 Å². The van der Waals surface area contributed by atoms with Crippen LogP contribution in [0.2, 0.25) is 0 Å². The van der Waals surface area contributed by atoms with Gasteiger partial charge in [-0.25, -0.2) is 0 Å². The summed E-state index contributed by atoms with van der Waals surface area (Å²) in [6.45, 7) is 13.2. The molecule has 1 amide bonds. The molecule has 0 saturated carbocycles. The van der Waals surface area contributed by atoms with Crippen molar-refractivity contribution in [2.45, 2.75) is 40.0 Å². The summed E-state index contributed by atoms with van der Waals surface area (Å²) < 4.78 is 11.2. The van der Waals surface area contributed by atoms with Crippen LogP contribution < -0.4 is 9.47 Å². The van der Waals surface area contributed by atoms with Gasteiger partial charge in [0.15, 0.2) is 11.5 Å². The van der Waals surface area contributed by atoms with Gasteiger partial charge in [-0.2, -0.15) is 0 Å². The van der Waals surface area contributed by atoms with Crippen molar-refractivity contribution in [3.63, 3.8) is 0 Å². The Bertz CT molecular complexity index is 712. The van der Waals surface area contributed by atoms with Crippen molar-refractivity contribution in [3.05, 3.63) is 23.8 Å². The van der Waals surface area contributed by atoms with Crippen molar-refractivity contribution in [1.82, 2.24) is 9.80 Å². The van der Waals surface area contributed by atoms with Gasteiger partial charge < -0.3 is 19.3 Å². The molecule has 0 radical (unpaired) electrons. The average Bonchev–Trinajstić information content (AvgIpc) is 3.02. The number of benzene rings is 1. The quantitative estimate of drug-likeness (QED) is 0.798. The number of piperidine rings is 1. The van der Waals surface area contributed by atoms with Crippen molar-refractivity contribution in [2.75, 3.05) is 45.9 Å². The fourth-order valence-electron chi connectivity index (χ4n) is 4.92. The first-order valence-corrected chi connectivity index (χ1v) is 10.3. The highest BCUT2D eigenvalue weighted by atomic mass is 16.6. The first-order valence-electron chi connectivity index (χ1n) is 10.3. The Kier molecular flexibility index (Phi) is 4.83. The Hall–Kier alpha value is -1.75. The molecule has 3 heterocycles. The predicted octanol–water partition coefficient (Wildman–Crippen LogP) is 3.43. The molecule has 27 heavy (non-hydrogen) atoms. The fraction of sp³-hybridized carbons (Fsp3) is 0.682. The SMILES string of the molecule is CC(C)(C)CN1CCCC2(CCN(C(=O)c3ccc4c(c3)OCCO4)C2)C1. The summed E-state index contributed by atoms with van der Waals surface area (Å²) in [5.74, 6) is 1.55. The molecule has 2 fully saturated rings. The van der Waals surface area contributed by atoms with Crippen LogP contribution in [0.15, 0.2) is 18.2 Å². The molecular formula is C22H32N2O3. The second kappa shape index (κ2) is 7.01. The van der Waals surface area contributed by atoms with E-state index in [1.807, 2.05) is 23.1 Å². The lowest BCUT2D eigenvalue weighted by Gasteiger charge is -2.42. The largest absolute Gasteiger partial charge is 0.486 e. The zero-order valence-corrected chi connectivity index (χ0v) is 16.9. The molecule has 0 bridgehead atoms. The highest BCUT2D eigenvalue weighted by Crippen LogP contribution is 2.40. The third-order valence-electron chi connectivity index (χ3n) is 5.95. The molecule has 5 heteroatoms. The standard InChI is InChI=1S/C22H32N2O3/c1-21(2,3)14-23-9-4-7-22(15-23)8-10-24(16-22)20(25)17-5-6-18-19(13-17)27-12-11-26-18/h5-6,13H,4,7-12,14-16H2,1-3H3. The normalized spacial score (nSPS) is 25.8. The number of amides is 1. The number of ether oxygens (including phenoxy) is 2. The Morgan fingerprint density at radius 3 is 2.63 bits per heavy atom. The highest BCUT2D eigenvalue weighted by molar-refractivity contribution is 5.95. The van der Waals surface area contributed by atoms with E-state index >= 15 is 0 Å². The molecule has 3 aliphatic rings. The molecular weight excluding hydrogens is 340 g/mol. The Labute approximate surface area is 162 Å². The molecule has 1 unspecified atom stereocenters. The van der Waals surface area contributed by atoms with E-state index in [9.17, 15) is 4.79 Å². The molecule has 3 aliphatic heterocycles. The van der Waals surface area contributed by atoms with Crippen LogP contribution >= 0.6 is 0 Å². The van der Waals surface area contributed by atoms with Gasteiger partial charge in [0.25, 0.3) is 5.91 Å². The first kappa shape index (κ1) is 18.6. The maximum atomic E-state index is 13.1. The molecule has 5 nitrogen and oxygen atoms in total. The number of carbonyl (C=O) groups excluding carboxylic acids is 1. The van der Waals surface area contributed by atoms with E-state index in [0.717, 1.165) is 38.3 Å². The fourth-order valence-corrected chi connectivity index (χ4v) is 4.92. The molecule has 1 atom stereocenters. The second-order valence-electron chi connectivity index (χ2n) is 9.71. The van der Waals surface area contributed by atoms with Crippen LogP contribution in [0, 0.1) is 10.8 Å². The number of hydrogen-bond donors (Lipinski definition) is 0. The lowest BCUT2D eigenvalue weighted by molar-refractivity contribution is 0.0594. The Morgan fingerprint density at radius 1 is 1.07 bits per heavy atom. The lowest BCUT2D eigenvalue weighted by Crippen LogP contribution is -2.47. The molecule has 148 valence electrons. The van der Waals surface area contributed by atoms with E-state index in [4.69, 9.17) is 9.47 Å². The van der Waals surface area contributed by atoms with Crippen LogP contribution in [0.4, 0.5) is 0 Å². The Morgan fingerprint density at radius 2 is 1.85 bits per heavy atom. The van der Waals surface area contributed by atoms with Crippen molar-refractivity contribution >= 4 is 5.91 Å². The number of fused-ring (bicyclic) bond motifs is 1. The average molecular weight is 373 g/mol. The van der Waals surface area contributed by atoms with E-state index in [1.54, 1.807) is 0 Å². The van der Waals surface area contributed by atoms with Gasteiger partial charge in [0.05, 0.1) is 0 Å². The summed E-state index contributed by atoms with van der Waals surface area (Å²) in [7, 11) is 0. The summed E-state index contributed by atoms with van der Waals surface area (Å²) in [5, 5.41) is 0. The minimum absolute atomic E-state index is 0.122. The topological polar surface area (TPSA) is 42.0 Å². The molecule has 1 aromatic rings. The van der Waals surface area contributed by atoms with Gasteiger partial charge >= 0.3 is 0 Å². The Balaban J connectivity index is 1.43. The van der Waals surface area contributed by atoms with Crippen molar-refractivity contribution in [2.24, 2.45) is 10.8 Å². The molecule has 1 spiro atoms. The number of hydrogen-bond acceptors (Lipinski definition) is 4. The van der Waals surface area contributed by atoms with Crippen LogP contribution in [0.5, 0.6) is 11.5 Å². The summed E-state index contributed by atoms with van der Waals surface area (Å²) in [6.07, 6.45) is 3.59. The van der Waals surface area contributed by atoms with Crippen LogP contribution in [-0.2, 0) is 0 Å². The second-order valence-corrected chi connectivity index (χ2v) is 9.71. The van der Waals surface area contributed by atoms with Gasteiger partial charge in [0.2, 0.25) is 0 Å². The van der Waals surface area contributed by atoms with Crippen molar-refractivity contribution in [3.8, 4) is 11.5 Å². The number of nitrogens with zero attached hydrogens (tertiary/aromatic N) is 2. The molecule has 4 rings (SSSR count). The third kappa shape index (κ3) is 4.08. The lowest BCUT2D eigenvalue weighted by atomic mass is 9.78. The zero-order valence-electron chi connectivity index (χ0n) is 16.9. The number of likely N-dealkylation sites (tertiary alicyclic amines) is 2. The zero-order chi connectivity index (χ0) is 19.1. The molecule has 0 aromatic heterocycles. The van der Waals surface area contributed by atoms with Gasteiger partial charge in [-0.05, 0) is 49.4 Å². The van der Waals surface area contributed by atoms with Crippen LogP contribution in [0.25, 0.3) is 0 Å². The third-order valence-corrected chi connectivity index (χ3v) is 5.95. The van der Waals surface area contributed by atoms with Gasteiger partial charge in [0.1, 0.15) is 13.2 Å². The van der Waals surface area contributed by atoms with E-state index < -0.39 is 0 Å². The number of rotatable bonds is 2. The predicted molar refractivity (Wildman–Crippen MR) is 106 cm³/mol. The summed E-state index contributed by atoms with van der Waals surface area (Å²) in [4.78, 5) is 17.7. The first-order chi connectivity index (χ1) is 12.8. The van der Waals surface area contributed by atoms with Crippen LogP contribution in [0.3, 0.4) is 0 Å². The number of carbonyl (C=O) groups is 1. The van der Waals surface area contributed by atoms with Gasteiger partial charge in [-0.1, -0.05) is 20.8 Å². The summed E-state index contributed by atoms with van der Waals surface area (Å²) >= 11 is 0. The van der Waals surface area contributed by atoms with Crippen molar-refractivity contribution < 1.29 is 14.3 Å². The molecule has 0 aliphatic carbocycles. The van der Waals surface area contributed by atoms with E-state index in [-0.39, 0.29) is 11.3 Å². The molecule has 2 saturated heterocycles. The minimum atomic E-state index is 0.122. The smallest absolute Gasteiger partial charge is 0.254 e. The maximum Gasteiger partial charge on any atom is 0.254 e. The minimum Gasteiger partial charge on any atom is -0.486 e. The van der Waals surface area contributed by atoms with Gasteiger partial charge in [-0.15, -0.1) is 0 Å².